The molecule has 73 heavy (non-hydrogen) atoms. The Balaban J connectivity index is 1.41. The molecule has 22 nitrogen and oxygen atoms in total. The van der Waals surface area contributed by atoms with E-state index >= 15 is 0 Å². The minimum atomic E-state index is -4.78. The minimum absolute atomic E-state index is 0.00735. The number of methoxy groups -OCH3 is 2. The third-order valence-corrected chi connectivity index (χ3v) is 14.9. The molecule has 0 atom stereocenters. The summed E-state index contributed by atoms with van der Waals surface area (Å²) in [6, 6.07) is 25.8. The van der Waals surface area contributed by atoms with Crippen molar-refractivity contribution in [3.63, 3.8) is 0 Å². The number of benzene rings is 6. The van der Waals surface area contributed by atoms with Crippen LogP contribution >= 0.6 is 11.8 Å². The number of thioether (sulfide) groups is 1. The molecule has 0 saturated heterocycles. The molecule has 0 bridgehead atoms. The largest absolute Gasteiger partial charge is 0.494 e. The van der Waals surface area contributed by atoms with Gasteiger partial charge in [0.05, 0.1) is 42.7 Å². The summed E-state index contributed by atoms with van der Waals surface area (Å²) >= 11 is 0.890. The molecule has 7 rings (SSSR count). The van der Waals surface area contributed by atoms with E-state index in [0.717, 1.165) is 11.8 Å². The average molecular weight is 1070 g/mol. The van der Waals surface area contributed by atoms with Crippen molar-refractivity contribution in [2.24, 2.45) is 20.5 Å². The maximum Gasteiger partial charge on any atom is 0.296 e. The van der Waals surface area contributed by atoms with E-state index in [1.54, 1.807) is 72.8 Å². The van der Waals surface area contributed by atoms with Gasteiger partial charge in [-0.3, -0.25) is 13.7 Å². The monoisotopic (exact) mass is 1070 g/mol. The highest BCUT2D eigenvalue weighted by Gasteiger charge is 2.23. The average Bonchev–Trinajstić information content (AvgIpc) is 3.35. The first-order valence-corrected chi connectivity index (χ1v) is 27.9. The van der Waals surface area contributed by atoms with Gasteiger partial charge in [-0.15, -0.1) is 20.5 Å². The van der Waals surface area contributed by atoms with Crippen LogP contribution in [0.3, 0.4) is 0 Å². The molecule has 1 aromatic heterocycles. The highest BCUT2D eigenvalue weighted by atomic mass is 32.2. The fourth-order valence-corrected chi connectivity index (χ4v) is 10.7. The molecule has 0 spiro atoms. The molecule has 0 aliphatic heterocycles. The van der Waals surface area contributed by atoms with Crippen molar-refractivity contribution in [2.75, 3.05) is 72.3 Å². The molecule has 0 saturated carbocycles. The Morgan fingerprint density at radius 2 is 0.973 bits per heavy atom. The summed E-state index contributed by atoms with van der Waals surface area (Å²) in [5, 5.41) is 26.2. The van der Waals surface area contributed by atoms with E-state index in [0.29, 0.717) is 70.6 Å². The van der Waals surface area contributed by atoms with Gasteiger partial charge in [0, 0.05) is 54.8 Å². The Morgan fingerprint density at radius 1 is 0.562 bits per heavy atom. The lowest BCUT2D eigenvalue weighted by Crippen LogP contribution is -2.22. The molecule has 0 aliphatic rings. The molecule has 1 heterocycles. The zero-order chi connectivity index (χ0) is 52.7. The van der Waals surface area contributed by atoms with E-state index in [9.17, 15) is 38.9 Å². The van der Waals surface area contributed by atoms with Crippen LogP contribution in [0.5, 0.6) is 11.5 Å². The molecule has 0 unspecified atom stereocenters. The maximum atomic E-state index is 12.6. The zero-order valence-electron chi connectivity index (χ0n) is 40.2. The second-order valence-corrected chi connectivity index (χ2v) is 21.1. The number of hydrogen-bond acceptors (Lipinski definition) is 20. The third kappa shape index (κ3) is 12.8. The summed E-state index contributed by atoms with van der Waals surface area (Å²) in [5.41, 5.74) is 1.66. The Bertz CT molecular complexity index is 3380. The molecule has 0 fully saturated rings. The van der Waals surface area contributed by atoms with E-state index < -0.39 is 45.9 Å². The lowest BCUT2D eigenvalue weighted by atomic mass is 10.1. The molecular formula is C47H51N11O11S4. The van der Waals surface area contributed by atoms with Crippen LogP contribution in [0.25, 0.3) is 21.5 Å². The number of hydrogen-bond donors (Lipinski definition) is 5. The summed E-state index contributed by atoms with van der Waals surface area (Å²) in [6.45, 7) is 10.1. The Hall–Kier alpha value is -7.07. The number of fused-ring (bicyclic) bond motifs is 2. The summed E-state index contributed by atoms with van der Waals surface area (Å²) in [5.74, 6) is -0.276. The normalized spacial score (nSPS) is 12.2. The number of ether oxygens (including phenoxy) is 2. The van der Waals surface area contributed by atoms with E-state index in [-0.39, 0.29) is 56.9 Å². The van der Waals surface area contributed by atoms with E-state index in [1.165, 1.54) is 38.5 Å². The second-order valence-electron chi connectivity index (χ2n) is 15.7. The molecular weight excluding hydrogens is 1020 g/mol. The van der Waals surface area contributed by atoms with E-state index in [2.05, 4.69) is 41.1 Å². The first kappa shape index (κ1) is 53.7. The van der Waals surface area contributed by atoms with Gasteiger partial charge in [0.15, 0.2) is 5.16 Å². The van der Waals surface area contributed by atoms with E-state index in [1.807, 2.05) is 37.5 Å². The number of rotatable bonds is 22. The molecule has 5 N–H and O–H groups in total. The molecule has 26 heteroatoms. The van der Waals surface area contributed by atoms with Gasteiger partial charge in [0.2, 0.25) is 11.9 Å². The van der Waals surface area contributed by atoms with E-state index in [4.69, 9.17) is 14.5 Å². The standard InChI is InChI=1S/C47H51N11O11S4/c1-7-57(8-2)37-25-33(35(27-39(37)68-5)53-55-43-31-17-13-11-15-29(31)19-21-41(43)72(62,63)64)48-45-50-46(52-47(51-45)70-23-24-71(59,60)61)49-34-26-38(58(9-3)10-4)40(69-6)28-36(34)54-56-44-32-18-14-12-16-30(32)20-22-42(44)73(65,66)67/h11-22,25-28H,7-10,23-24H2,1-6H3,(H,59,60,61)(H,62,63,64)(H,65,66,67)(H2,48,49,50,51,52)/b55-53+,56-54+. The fraction of sp³-hybridized carbons (Fsp3) is 0.255. The predicted molar refractivity (Wildman–Crippen MR) is 283 cm³/mol. The zero-order valence-corrected chi connectivity index (χ0v) is 43.5. The highest BCUT2D eigenvalue weighted by Crippen LogP contribution is 2.44. The van der Waals surface area contributed by atoms with Crippen molar-refractivity contribution >= 4 is 121 Å². The van der Waals surface area contributed by atoms with Crippen LogP contribution < -0.4 is 29.9 Å². The number of anilines is 6. The number of nitrogens with zero attached hydrogens (tertiary/aromatic N) is 9. The van der Waals surface area contributed by atoms with Crippen molar-refractivity contribution in [2.45, 2.75) is 42.6 Å². The number of azo groups is 2. The van der Waals surface area contributed by atoms with Gasteiger partial charge in [-0.2, -0.15) is 40.2 Å². The Morgan fingerprint density at radius 3 is 1.34 bits per heavy atom. The van der Waals surface area contributed by atoms with Crippen molar-refractivity contribution in [3.8, 4) is 11.5 Å². The first-order valence-electron chi connectivity index (χ1n) is 22.4. The van der Waals surface area contributed by atoms with Crippen LogP contribution in [0.15, 0.2) is 132 Å². The number of nitrogens with one attached hydrogen (secondary N) is 2. The minimum Gasteiger partial charge on any atom is -0.494 e. The predicted octanol–water partition coefficient (Wildman–Crippen LogP) is 10.7. The van der Waals surface area contributed by atoms with Crippen LogP contribution in [0, 0.1) is 0 Å². The van der Waals surface area contributed by atoms with Crippen LogP contribution in [-0.2, 0) is 30.4 Å². The van der Waals surface area contributed by atoms with Crippen molar-refractivity contribution in [1.29, 1.82) is 0 Å². The number of aromatic nitrogens is 3. The van der Waals surface area contributed by atoms with Gasteiger partial charge in [0.25, 0.3) is 30.4 Å². The van der Waals surface area contributed by atoms with Crippen LogP contribution in [0.1, 0.15) is 27.7 Å². The van der Waals surface area contributed by atoms with Crippen molar-refractivity contribution < 1.29 is 48.4 Å². The lowest BCUT2D eigenvalue weighted by Gasteiger charge is -2.25. The summed E-state index contributed by atoms with van der Waals surface area (Å²) < 4.78 is 116. The maximum absolute atomic E-state index is 12.6. The molecule has 384 valence electrons. The molecule has 0 aliphatic carbocycles. The first-order chi connectivity index (χ1) is 34.8. The third-order valence-electron chi connectivity index (χ3n) is 11.3. The van der Waals surface area contributed by atoms with Crippen molar-refractivity contribution in [3.05, 3.63) is 97.1 Å². The Kier molecular flexibility index (Phi) is 16.8. The molecule has 0 amide bonds. The van der Waals surface area contributed by atoms with Crippen molar-refractivity contribution in [1.82, 2.24) is 15.0 Å². The Labute approximate surface area is 426 Å². The summed E-state index contributed by atoms with van der Waals surface area (Å²) in [6.07, 6.45) is 0. The van der Waals surface area contributed by atoms with Crippen LogP contribution in [0.4, 0.5) is 57.4 Å². The van der Waals surface area contributed by atoms with Gasteiger partial charge in [0.1, 0.15) is 44.0 Å². The smallest absolute Gasteiger partial charge is 0.296 e. The van der Waals surface area contributed by atoms with Gasteiger partial charge in [-0.25, -0.2) is 0 Å². The van der Waals surface area contributed by atoms with Crippen LogP contribution in [-0.4, -0.2) is 106 Å². The van der Waals surface area contributed by atoms with Crippen LogP contribution in [0.2, 0.25) is 0 Å². The lowest BCUT2D eigenvalue weighted by molar-refractivity contribution is 0.414. The summed E-state index contributed by atoms with van der Waals surface area (Å²) in [4.78, 5) is 16.9. The van der Waals surface area contributed by atoms with Gasteiger partial charge >= 0.3 is 0 Å². The topological polar surface area (TPSA) is 300 Å². The fourth-order valence-electron chi connectivity index (χ4n) is 7.74. The molecule has 0 radical (unpaired) electrons. The SMILES string of the molecule is CCN(CC)c1cc(Nc2nc(Nc3cc(N(CC)CC)c(OC)cc3/N=N/c3c(S(=O)(=O)O)ccc4ccccc34)nc(SCCS(=O)(=O)O)n2)c(/N=N/c2c(S(=O)(=O)O)ccc3ccccc23)cc1OC. The van der Waals surface area contributed by atoms with Gasteiger partial charge in [-0.1, -0.05) is 72.4 Å². The second kappa shape index (κ2) is 22.8. The molecule has 6 aromatic carbocycles. The summed E-state index contributed by atoms with van der Waals surface area (Å²) in [7, 11) is -11.0. The van der Waals surface area contributed by atoms with Gasteiger partial charge < -0.3 is 29.9 Å². The highest BCUT2D eigenvalue weighted by molar-refractivity contribution is 8.00. The quantitative estimate of drug-likeness (QED) is 0.0239. The molecule has 7 aromatic rings. The van der Waals surface area contributed by atoms with Gasteiger partial charge in [-0.05, 0) is 62.7 Å².